The number of aromatic nitrogens is 1. The van der Waals surface area contributed by atoms with Crippen LogP contribution in [-0.4, -0.2) is 203 Å². The molecule has 0 bridgehead atoms. The van der Waals surface area contributed by atoms with E-state index in [0.29, 0.717) is 36.0 Å². The Bertz CT molecular complexity index is 4120. The molecule has 0 radical (unpaired) electrons. The standard InChI is InChI=1S/C84H123N19O14/c1-9-52(8)71(82(116)95-62(72(87)106)39-49(2)3)102-76(110)60(34-23-37-90-84(88)89)93-70(105)47-92-74(108)63(40-50(4)5)96-77(111)64(43-54-27-15-11-16-28-54)97-75(109)61(33-21-22-36-85)94-80(114)68(48-104)101-78(112)65(44-55-29-17-12-18-30-55)98-79(113)66(45-56-46-91-59-32-20-19-31-57(56)59)99-81(115)69-35-24-38-103(69)83(117)67(41-51(6)7)100-73(107)58(86)42-53-25-13-10-14-26-53/h10-20,25-32,46,49-52,58,60-69,71,91,104H,9,21-24,33-45,47-48,85-86H2,1-8H3,(H2,87,106)(H,92,108)(H,93,105)(H,94,114)(H,95,116)(H,96,111)(H,97,109)(H,98,113)(H,99,115)(H,100,107)(H,101,112)(H,102,110)(H4,88,89,90)/t52-,58-,60-,61-,62-,63-,64-,65-,66-,67-,68-,69-,71-/m0/s1. The summed E-state index contributed by atoms with van der Waals surface area (Å²) < 4.78 is 0. The van der Waals surface area contributed by atoms with Crippen molar-refractivity contribution >= 4 is 93.7 Å². The molecule has 23 N–H and O–H groups in total. The molecule has 0 unspecified atom stereocenters. The number of fused-ring (bicyclic) bond motifs is 1. The molecule has 13 amide bonds. The summed E-state index contributed by atoms with van der Waals surface area (Å²) in [7, 11) is 0. The number of nitrogens with two attached hydrogens (primary N) is 5. The molecule has 13 atom stereocenters. The number of para-hydroxylation sites is 1. The lowest BCUT2D eigenvalue weighted by atomic mass is 9.96. The molecule has 5 aromatic rings. The van der Waals surface area contributed by atoms with Crippen molar-refractivity contribution in [2.45, 2.75) is 224 Å². The van der Waals surface area contributed by atoms with E-state index in [1.165, 1.54) is 4.90 Å². The van der Waals surface area contributed by atoms with E-state index in [1.807, 2.05) is 82.3 Å². The summed E-state index contributed by atoms with van der Waals surface area (Å²) in [6.07, 6.45) is 3.79. The van der Waals surface area contributed by atoms with Crippen LogP contribution in [0.4, 0.5) is 0 Å². The van der Waals surface area contributed by atoms with Gasteiger partial charge in [0.1, 0.15) is 66.5 Å². The highest BCUT2D eigenvalue weighted by Gasteiger charge is 2.42. The fraction of sp³-hybridized carbons (Fsp3) is 0.524. The maximum Gasteiger partial charge on any atom is 0.245 e. The van der Waals surface area contributed by atoms with Crippen molar-refractivity contribution in [2.24, 2.45) is 57.3 Å². The Kier molecular flexibility index (Phi) is 39.0. The molecular formula is C84H123N19O14. The molecule has 1 aliphatic heterocycles. The van der Waals surface area contributed by atoms with Crippen LogP contribution < -0.4 is 87.2 Å². The number of hydrogen-bond donors (Lipinski definition) is 18. The van der Waals surface area contributed by atoms with Gasteiger partial charge in [0.2, 0.25) is 76.8 Å². The first kappa shape index (κ1) is 94.5. The third kappa shape index (κ3) is 31.3. The number of benzene rings is 4. The minimum atomic E-state index is -1.77. The zero-order chi connectivity index (χ0) is 85.8. The fourth-order valence-corrected chi connectivity index (χ4v) is 13.8. The number of likely N-dealkylation sites (tertiary alicyclic amines) is 1. The van der Waals surface area contributed by atoms with Crippen molar-refractivity contribution in [2.75, 3.05) is 32.8 Å². The molecule has 1 aliphatic rings. The second-order valence-corrected chi connectivity index (χ2v) is 31.3. The van der Waals surface area contributed by atoms with Crippen molar-refractivity contribution in [1.82, 2.24) is 68.4 Å². The number of aliphatic hydroxyl groups excluding tert-OH is 1. The van der Waals surface area contributed by atoms with Crippen LogP contribution in [0, 0.1) is 23.7 Å². The maximum absolute atomic E-state index is 15.2. The van der Waals surface area contributed by atoms with Crippen molar-refractivity contribution in [1.29, 1.82) is 0 Å². The number of unbranched alkanes of at least 4 members (excludes halogenated alkanes) is 1. The predicted molar refractivity (Wildman–Crippen MR) is 444 cm³/mol. The summed E-state index contributed by atoms with van der Waals surface area (Å²) in [5, 5.41) is 41.6. The smallest absolute Gasteiger partial charge is 0.245 e. The fourth-order valence-electron chi connectivity index (χ4n) is 13.8. The number of carbonyl (C=O) groups is 13. The topological polar surface area (TPSA) is 536 Å². The van der Waals surface area contributed by atoms with E-state index in [2.05, 4.69) is 68.5 Å². The molecule has 33 nitrogen and oxygen atoms in total. The number of carbonyl (C=O) groups excluding carboxylic acids is 13. The average molecular weight is 1620 g/mol. The summed E-state index contributed by atoms with van der Waals surface area (Å²) in [5.74, 6) is -11.1. The van der Waals surface area contributed by atoms with Gasteiger partial charge < -0.3 is 102 Å². The zero-order valence-electron chi connectivity index (χ0n) is 68.5. The summed E-state index contributed by atoms with van der Waals surface area (Å²) in [6, 6.07) is 18.3. The molecule has 4 aromatic carbocycles. The number of guanidine groups is 1. The summed E-state index contributed by atoms with van der Waals surface area (Å²) in [6.45, 7) is 13.3. The molecule has 638 valence electrons. The third-order valence-corrected chi connectivity index (χ3v) is 20.3. The van der Waals surface area contributed by atoms with E-state index in [0.717, 1.165) is 16.5 Å². The van der Waals surface area contributed by atoms with Gasteiger partial charge in [-0.1, -0.05) is 171 Å². The highest BCUT2D eigenvalue weighted by Crippen LogP contribution is 2.24. The molecule has 2 heterocycles. The van der Waals surface area contributed by atoms with Crippen molar-refractivity contribution in [3.63, 3.8) is 0 Å². The van der Waals surface area contributed by atoms with Gasteiger partial charge in [-0.15, -0.1) is 0 Å². The van der Waals surface area contributed by atoms with E-state index >= 15 is 4.79 Å². The van der Waals surface area contributed by atoms with Crippen LogP contribution in [0.15, 0.2) is 126 Å². The molecule has 0 aliphatic carbocycles. The van der Waals surface area contributed by atoms with Crippen LogP contribution in [0.1, 0.15) is 148 Å². The number of H-pyrrole nitrogens is 1. The molecule has 0 saturated carbocycles. The molecule has 1 aromatic heterocycles. The van der Waals surface area contributed by atoms with E-state index in [-0.39, 0.29) is 120 Å². The Morgan fingerprint density at radius 3 is 1.50 bits per heavy atom. The second-order valence-electron chi connectivity index (χ2n) is 31.3. The molecule has 1 fully saturated rings. The lowest BCUT2D eigenvalue weighted by Gasteiger charge is -2.31. The Hall–Kier alpha value is -11.3. The number of primary amides is 1. The molecule has 33 heteroatoms. The third-order valence-electron chi connectivity index (χ3n) is 20.3. The first-order valence-electron chi connectivity index (χ1n) is 40.5. The van der Waals surface area contributed by atoms with E-state index in [4.69, 9.17) is 28.7 Å². The highest BCUT2D eigenvalue weighted by atomic mass is 16.3. The molecule has 1 saturated heterocycles. The number of rotatable bonds is 49. The van der Waals surface area contributed by atoms with Gasteiger partial charge in [-0.05, 0) is 129 Å². The van der Waals surface area contributed by atoms with Gasteiger partial charge in [0, 0.05) is 49.5 Å². The van der Waals surface area contributed by atoms with E-state index < -0.39 is 168 Å². The van der Waals surface area contributed by atoms with Gasteiger partial charge in [-0.3, -0.25) is 67.3 Å². The number of hydrogen-bond acceptors (Lipinski definition) is 17. The van der Waals surface area contributed by atoms with Crippen molar-refractivity contribution < 1.29 is 67.4 Å². The Labute approximate surface area is 684 Å². The first-order chi connectivity index (χ1) is 55.8. The number of aromatic amines is 1. The predicted octanol–water partition coefficient (Wildman–Crippen LogP) is 0.566. The zero-order valence-corrected chi connectivity index (χ0v) is 68.5. The van der Waals surface area contributed by atoms with Gasteiger partial charge in [-0.25, -0.2) is 0 Å². The SMILES string of the molecule is CC[C@H](C)[C@H](NC(=O)[C@H](CCCN=C(N)N)NC(=O)CNC(=O)[C@H](CC(C)C)NC(=O)[C@H](Cc1ccccc1)NC(=O)[C@H](CCCCN)NC(=O)[C@H](CO)NC(=O)[C@H](Cc1ccccc1)NC(=O)[C@H](Cc1c[nH]c2ccccc12)NC(=O)[C@@H]1CCCN1C(=O)[C@H](CC(C)C)NC(=O)[C@@H](N)Cc1ccccc1)C(=O)N[C@@H](CC(C)C)C(N)=O. The number of nitrogens with one attached hydrogen (secondary N) is 12. The van der Waals surface area contributed by atoms with Gasteiger partial charge in [0.15, 0.2) is 5.96 Å². The van der Waals surface area contributed by atoms with Crippen LogP contribution in [0.5, 0.6) is 0 Å². The molecule has 117 heavy (non-hydrogen) atoms. The lowest BCUT2D eigenvalue weighted by Crippen LogP contribution is -2.61. The van der Waals surface area contributed by atoms with Crippen LogP contribution in [0.25, 0.3) is 10.9 Å². The Morgan fingerprint density at radius 1 is 0.496 bits per heavy atom. The second kappa shape index (κ2) is 48.3. The average Bonchev–Trinajstić information content (AvgIpc) is 1.70. The Balaban J connectivity index is 1.20. The van der Waals surface area contributed by atoms with Crippen LogP contribution in [0.2, 0.25) is 0 Å². The number of aliphatic hydroxyl groups is 1. The quantitative estimate of drug-likeness (QED) is 0.0144. The largest absolute Gasteiger partial charge is 0.394 e. The minimum Gasteiger partial charge on any atom is -0.394 e. The summed E-state index contributed by atoms with van der Waals surface area (Å²) >= 11 is 0. The van der Waals surface area contributed by atoms with Crippen LogP contribution in [0.3, 0.4) is 0 Å². The molecule has 0 spiro atoms. The first-order valence-corrected chi connectivity index (χ1v) is 40.5. The number of amides is 13. The van der Waals surface area contributed by atoms with E-state index in [1.54, 1.807) is 94.6 Å². The highest BCUT2D eigenvalue weighted by molar-refractivity contribution is 6.00. The monoisotopic (exact) mass is 1620 g/mol. The van der Waals surface area contributed by atoms with Crippen molar-refractivity contribution in [3.05, 3.63) is 144 Å². The molecule has 6 rings (SSSR count). The molecular weight excluding hydrogens is 1500 g/mol. The Morgan fingerprint density at radius 2 is 0.957 bits per heavy atom. The maximum atomic E-state index is 15.2. The van der Waals surface area contributed by atoms with Gasteiger partial charge >= 0.3 is 0 Å². The van der Waals surface area contributed by atoms with Crippen molar-refractivity contribution in [3.8, 4) is 0 Å². The van der Waals surface area contributed by atoms with Gasteiger partial charge in [0.25, 0.3) is 0 Å². The summed E-state index contributed by atoms with van der Waals surface area (Å²) in [5.41, 5.74) is 32.3. The number of nitrogens with zero attached hydrogens (tertiary/aromatic N) is 2. The lowest BCUT2D eigenvalue weighted by molar-refractivity contribution is -0.142. The van der Waals surface area contributed by atoms with Gasteiger partial charge in [-0.2, -0.15) is 0 Å². The summed E-state index contributed by atoms with van der Waals surface area (Å²) in [4.78, 5) is 194. The van der Waals surface area contributed by atoms with Crippen LogP contribution >= 0.6 is 0 Å². The van der Waals surface area contributed by atoms with Crippen LogP contribution in [-0.2, 0) is 88.0 Å². The van der Waals surface area contributed by atoms with E-state index in [9.17, 15) is 62.6 Å². The minimum absolute atomic E-state index is 0.0156. The number of aliphatic imine (C=N–C) groups is 1. The normalized spacial score (nSPS) is 15.7. The van der Waals surface area contributed by atoms with Gasteiger partial charge in [0.05, 0.1) is 19.2 Å².